The van der Waals surface area contributed by atoms with Gasteiger partial charge in [0.15, 0.2) is 6.10 Å². The van der Waals surface area contributed by atoms with Crippen LogP contribution in [0.4, 0.5) is 0 Å². The number of carbonyl (C=O) groups is 1. The minimum atomic E-state index is -0.120. The lowest BCUT2D eigenvalue weighted by Crippen LogP contribution is -2.43. The molecule has 0 radical (unpaired) electrons. The number of oxime groups is 1. The van der Waals surface area contributed by atoms with E-state index < -0.39 is 0 Å². The standard InChI is InChI=1S/C18H21ClN2O2/c1-2-10-21(18(22)13-6-5-7-13)12-14-11-17(20-23-14)15-8-3-4-9-16(15)19/h2-4,8-9,13-14H,1,5-7,10-12H2. The maximum absolute atomic E-state index is 12.5. The third-order valence-corrected chi connectivity index (χ3v) is 4.79. The van der Waals surface area contributed by atoms with E-state index in [9.17, 15) is 4.79 Å². The summed E-state index contributed by atoms with van der Waals surface area (Å²) in [6.07, 6.45) is 5.46. The number of nitrogens with zero attached hydrogens (tertiary/aromatic N) is 2. The zero-order valence-electron chi connectivity index (χ0n) is 13.1. The van der Waals surface area contributed by atoms with Gasteiger partial charge in [-0.1, -0.05) is 47.5 Å². The summed E-state index contributed by atoms with van der Waals surface area (Å²) in [5.74, 6) is 0.395. The molecule has 2 aliphatic rings. The molecule has 23 heavy (non-hydrogen) atoms. The maximum atomic E-state index is 12.5. The molecule has 5 heteroatoms. The van der Waals surface area contributed by atoms with Crippen LogP contribution in [0.3, 0.4) is 0 Å². The van der Waals surface area contributed by atoms with Gasteiger partial charge < -0.3 is 9.74 Å². The van der Waals surface area contributed by atoms with Gasteiger partial charge in [0.25, 0.3) is 0 Å². The highest BCUT2D eigenvalue weighted by Gasteiger charge is 2.32. The van der Waals surface area contributed by atoms with E-state index in [1.54, 1.807) is 6.08 Å². The topological polar surface area (TPSA) is 41.9 Å². The maximum Gasteiger partial charge on any atom is 0.226 e. The Morgan fingerprint density at radius 1 is 1.43 bits per heavy atom. The van der Waals surface area contributed by atoms with Crippen molar-refractivity contribution in [3.8, 4) is 0 Å². The van der Waals surface area contributed by atoms with E-state index in [1.165, 1.54) is 0 Å². The van der Waals surface area contributed by atoms with Gasteiger partial charge in [-0.05, 0) is 18.9 Å². The third kappa shape index (κ3) is 3.58. The molecule has 0 spiro atoms. The van der Waals surface area contributed by atoms with Gasteiger partial charge in [0.05, 0.1) is 12.3 Å². The molecule has 0 saturated heterocycles. The Morgan fingerprint density at radius 2 is 2.22 bits per heavy atom. The van der Waals surface area contributed by atoms with Crippen LogP contribution >= 0.6 is 11.6 Å². The quantitative estimate of drug-likeness (QED) is 0.746. The largest absolute Gasteiger partial charge is 0.390 e. The smallest absolute Gasteiger partial charge is 0.226 e. The van der Waals surface area contributed by atoms with Crippen LogP contribution in [-0.2, 0) is 9.63 Å². The molecule has 1 saturated carbocycles. The predicted octanol–water partition coefficient (Wildman–Crippen LogP) is 3.65. The number of hydrogen-bond donors (Lipinski definition) is 0. The summed E-state index contributed by atoms with van der Waals surface area (Å²) < 4.78 is 0. The average Bonchev–Trinajstić information content (AvgIpc) is 2.94. The second-order valence-corrected chi connectivity index (χ2v) is 6.52. The molecule has 1 amide bonds. The second-order valence-electron chi connectivity index (χ2n) is 6.11. The van der Waals surface area contributed by atoms with Gasteiger partial charge in [-0.15, -0.1) is 6.58 Å². The first-order valence-corrected chi connectivity index (χ1v) is 8.44. The van der Waals surface area contributed by atoms with Crippen LogP contribution in [0.25, 0.3) is 0 Å². The van der Waals surface area contributed by atoms with Crippen molar-refractivity contribution in [1.29, 1.82) is 0 Å². The Bertz CT molecular complexity index is 625. The number of rotatable bonds is 6. The Morgan fingerprint density at radius 3 is 2.87 bits per heavy atom. The van der Waals surface area contributed by atoms with E-state index in [2.05, 4.69) is 11.7 Å². The molecule has 1 atom stereocenters. The van der Waals surface area contributed by atoms with Crippen molar-refractivity contribution in [3.63, 3.8) is 0 Å². The van der Waals surface area contributed by atoms with Crippen molar-refractivity contribution < 1.29 is 9.63 Å². The van der Waals surface area contributed by atoms with Crippen molar-refractivity contribution in [2.45, 2.75) is 31.8 Å². The molecule has 1 unspecified atom stereocenters. The van der Waals surface area contributed by atoms with Crippen LogP contribution in [-0.4, -0.2) is 35.7 Å². The summed E-state index contributed by atoms with van der Waals surface area (Å²) in [5, 5.41) is 4.84. The monoisotopic (exact) mass is 332 g/mol. The molecule has 0 aromatic heterocycles. The first-order chi connectivity index (χ1) is 11.2. The van der Waals surface area contributed by atoms with Crippen LogP contribution in [0.2, 0.25) is 5.02 Å². The second kappa shape index (κ2) is 7.18. The zero-order chi connectivity index (χ0) is 16.2. The molecule has 4 nitrogen and oxygen atoms in total. The van der Waals surface area contributed by atoms with Gasteiger partial charge >= 0.3 is 0 Å². The van der Waals surface area contributed by atoms with Crippen LogP contribution in [0.15, 0.2) is 42.1 Å². The molecule has 1 aliphatic carbocycles. The van der Waals surface area contributed by atoms with Gasteiger partial charge in [-0.3, -0.25) is 4.79 Å². The summed E-state index contributed by atoms with van der Waals surface area (Å²) in [6, 6.07) is 7.61. The van der Waals surface area contributed by atoms with E-state index in [-0.39, 0.29) is 17.9 Å². The highest BCUT2D eigenvalue weighted by Crippen LogP contribution is 2.29. The van der Waals surface area contributed by atoms with Crippen molar-refractivity contribution in [2.24, 2.45) is 11.1 Å². The third-order valence-electron chi connectivity index (χ3n) is 4.46. The first-order valence-electron chi connectivity index (χ1n) is 8.06. The molecule has 0 N–H and O–H groups in total. The Kier molecular flexibility index (Phi) is 5.01. The van der Waals surface area contributed by atoms with Gasteiger partial charge in [-0.25, -0.2) is 0 Å². The number of carbonyl (C=O) groups excluding carboxylic acids is 1. The summed E-state index contributed by atoms with van der Waals surface area (Å²) in [4.78, 5) is 19.8. The van der Waals surface area contributed by atoms with E-state index in [0.717, 1.165) is 30.5 Å². The summed E-state index contributed by atoms with van der Waals surface area (Å²) >= 11 is 6.21. The molecule has 1 aromatic carbocycles. The van der Waals surface area contributed by atoms with E-state index in [4.69, 9.17) is 16.4 Å². The molecule has 3 rings (SSSR count). The van der Waals surface area contributed by atoms with Crippen molar-refractivity contribution >= 4 is 23.2 Å². The fourth-order valence-corrected chi connectivity index (χ4v) is 3.19. The molecule has 122 valence electrons. The van der Waals surface area contributed by atoms with Gasteiger partial charge in [0.1, 0.15) is 0 Å². The average molecular weight is 333 g/mol. The number of halogens is 1. The summed E-state index contributed by atoms with van der Waals surface area (Å²) in [5.41, 5.74) is 1.74. The van der Waals surface area contributed by atoms with Crippen LogP contribution in [0.1, 0.15) is 31.2 Å². The molecular weight excluding hydrogens is 312 g/mol. The van der Waals surface area contributed by atoms with Crippen molar-refractivity contribution in [1.82, 2.24) is 4.90 Å². The number of benzene rings is 1. The minimum absolute atomic E-state index is 0.120. The lowest BCUT2D eigenvalue weighted by molar-refractivity contribution is -0.139. The van der Waals surface area contributed by atoms with E-state index >= 15 is 0 Å². The lowest BCUT2D eigenvalue weighted by atomic mass is 9.84. The lowest BCUT2D eigenvalue weighted by Gasteiger charge is -2.32. The summed E-state index contributed by atoms with van der Waals surface area (Å²) in [7, 11) is 0. The molecule has 1 heterocycles. The Hall–Kier alpha value is -1.81. The first kappa shape index (κ1) is 16.1. The Labute approximate surface area is 141 Å². The van der Waals surface area contributed by atoms with Crippen LogP contribution < -0.4 is 0 Å². The molecule has 1 aromatic rings. The van der Waals surface area contributed by atoms with Gasteiger partial charge in [0.2, 0.25) is 5.91 Å². The van der Waals surface area contributed by atoms with Crippen molar-refractivity contribution in [2.75, 3.05) is 13.1 Å². The van der Waals surface area contributed by atoms with Gasteiger partial charge in [0, 0.05) is 29.5 Å². The normalized spacial score (nSPS) is 20.4. The van der Waals surface area contributed by atoms with E-state index in [0.29, 0.717) is 24.5 Å². The molecular formula is C18H21ClN2O2. The highest BCUT2D eigenvalue weighted by atomic mass is 35.5. The number of hydrogen-bond acceptors (Lipinski definition) is 3. The van der Waals surface area contributed by atoms with Crippen LogP contribution in [0.5, 0.6) is 0 Å². The molecule has 0 bridgehead atoms. The minimum Gasteiger partial charge on any atom is -0.390 e. The zero-order valence-corrected chi connectivity index (χ0v) is 13.8. The fraction of sp³-hybridized carbons (Fsp3) is 0.444. The predicted molar refractivity (Wildman–Crippen MR) is 91.6 cm³/mol. The Balaban J connectivity index is 1.61. The SMILES string of the molecule is C=CCN(CC1CC(c2ccccc2Cl)=NO1)C(=O)C1CCC1. The number of amides is 1. The van der Waals surface area contributed by atoms with Gasteiger partial charge in [-0.2, -0.15) is 0 Å². The molecule has 1 aliphatic heterocycles. The summed E-state index contributed by atoms with van der Waals surface area (Å²) in [6.45, 7) is 4.85. The van der Waals surface area contributed by atoms with E-state index in [1.807, 2.05) is 29.2 Å². The van der Waals surface area contributed by atoms with Crippen LogP contribution in [0, 0.1) is 5.92 Å². The highest BCUT2D eigenvalue weighted by molar-refractivity contribution is 6.34. The van der Waals surface area contributed by atoms with Crippen molar-refractivity contribution in [3.05, 3.63) is 47.5 Å². The molecule has 1 fully saturated rings. The fourth-order valence-electron chi connectivity index (χ4n) is 2.95.